The van der Waals surface area contributed by atoms with E-state index in [4.69, 9.17) is 14.2 Å². The molecule has 1 aliphatic heterocycles. The van der Waals surface area contributed by atoms with Gasteiger partial charge in [-0.05, 0) is 49.4 Å². The molecule has 2 aromatic carbocycles. The van der Waals surface area contributed by atoms with Crippen LogP contribution in [-0.4, -0.2) is 38.9 Å². The zero-order valence-corrected chi connectivity index (χ0v) is 15.4. The molecule has 0 bridgehead atoms. The Morgan fingerprint density at radius 3 is 2.59 bits per heavy atom. The van der Waals surface area contributed by atoms with Crippen molar-refractivity contribution in [1.82, 2.24) is 0 Å². The highest BCUT2D eigenvalue weighted by atomic mass is 16.7. The van der Waals surface area contributed by atoms with Crippen molar-refractivity contribution in [3.05, 3.63) is 53.6 Å². The van der Waals surface area contributed by atoms with E-state index < -0.39 is 0 Å². The van der Waals surface area contributed by atoms with E-state index in [9.17, 15) is 9.59 Å². The largest absolute Gasteiger partial charge is 0.462 e. The molecule has 1 atom stereocenters. The smallest absolute Gasteiger partial charge is 0.338 e. The highest BCUT2D eigenvalue weighted by Gasteiger charge is 2.16. The number of ether oxygens (including phenoxy) is 3. The second-order valence-corrected chi connectivity index (χ2v) is 6.34. The van der Waals surface area contributed by atoms with Crippen LogP contribution < -0.4 is 19.7 Å². The van der Waals surface area contributed by atoms with Crippen molar-refractivity contribution in [2.45, 2.75) is 13.5 Å². The second-order valence-electron chi connectivity index (χ2n) is 6.34. The van der Waals surface area contributed by atoms with Crippen LogP contribution >= 0.6 is 0 Å². The molecule has 7 nitrogen and oxygen atoms in total. The molecule has 2 N–H and O–H groups in total. The Hall–Kier alpha value is -3.06. The number of rotatable bonds is 7. The van der Waals surface area contributed by atoms with E-state index in [2.05, 4.69) is 5.32 Å². The van der Waals surface area contributed by atoms with Gasteiger partial charge in [-0.15, -0.1) is 0 Å². The molecule has 7 heteroatoms. The number of nitrogens with one attached hydrogen (secondary N) is 2. The Kier molecular flexibility index (Phi) is 5.93. The number of hydrogen-bond acceptors (Lipinski definition) is 5. The van der Waals surface area contributed by atoms with Crippen LogP contribution in [0.25, 0.3) is 0 Å². The van der Waals surface area contributed by atoms with Crippen LogP contribution in [0.5, 0.6) is 11.5 Å². The number of anilines is 1. The maximum absolute atomic E-state index is 12.3. The van der Waals surface area contributed by atoms with Crippen LogP contribution in [0.2, 0.25) is 0 Å². The molecule has 1 unspecified atom stereocenters. The molecule has 142 valence electrons. The van der Waals surface area contributed by atoms with Gasteiger partial charge in [0.25, 0.3) is 5.91 Å². The van der Waals surface area contributed by atoms with Crippen molar-refractivity contribution in [3.63, 3.8) is 0 Å². The lowest BCUT2D eigenvalue weighted by molar-refractivity contribution is -0.885. The van der Waals surface area contributed by atoms with Gasteiger partial charge in [-0.25, -0.2) is 4.79 Å². The summed E-state index contributed by atoms with van der Waals surface area (Å²) in [7, 11) is 1.95. The van der Waals surface area contributed by atoms with E-state index in [0.717, 1.165) is 22.0 Å². The van der Waals surface area contributed by atoms with E-state index in [1.807, 2.05) is 25.2 Å². The van der Waals surface area contributed by atoms with Crippen molar-refractivity contribution in [3.8, 4) is 11.5 Å². The fourth-order valence-electron chi connectivity index (χ4n) is 2.85. The summed E-state index contributed by atoms with van der Waals surface area (Å²) < 4.78 is 15.6. The summed E-state index contributed by atoms with van der Waals surface area (Å²) in [6.07, 6.45) is 0. The van der Waals surface area contributed by atoms with Crippen LogP contribution in [0.15, 0.2) is 42.5 Å². The molecule has 0 spiro atoms. The molecular formula is C20H23N2O5+. The number of carbonyl (C=O) groups is 2. The third-order valence-corrected chi connectivity index (χ3v) is 4.09. The second kappa shape index (κ2) is 8.55. The van der Waals surface area contributed by atoms with Gasteiger partial charge in [-0.2, -0.15) is 0 Å². The number of hydrogen-bond donors (Lipinski definition) is 2. The molecule has 0 saturated heterocycles. The Morgan fingerprint density at radius 1 is 1.11 bits per heavy atom. The topological polar surface area (TPSA) is 78.3 Å². The molecule has 2 aromatic rings. The van der Waals surface area contributed by atoms with Crippen LogP contribution in [0.4, 0.5) is 5.69 Å². The molecule has 1 heterocycles. The highest BCUT2D eigenvalue weighted by molar-refractivity contribution is 5.93. The third kappa shape index (κ3) is 4.98. The third-order valence-electron chi connectivity index (χ3n) is 4.09. The van der Waals surface area contributed by atoms with Crippen LogP contribution in [0.1, 0.15) is 22.8 Å². The van der Waals surface area contributed by atoms with Gasteiger partial charge in [0, 0.05) is 11.3 Å². The minimum absolute atomic E-state index is 0.0999. The standard InChI is InChI=1S/C20H22N2O5/c1-3-25-20(24)15-5-7-16(8-6-15)21-19(23)12-22(2)11-14-4-9-17-18(10-14)27-13-26-17/h4-10H,3,11-13H2,1-2H3,(H,21,23)/p+1. The quantitative estimate of drug-likeness (QED) is 0.716. The molecule has 0 aromatic heterocycles. The maximum atomic E-state index is 12.3. The van der Waals surface area contributed by atoms with E-state index >= 15 is 0 Å². The zero-order chi connectivity index (χ0) is 19.2. The van der Waals surface area contributed by atoms with Crippen LogP contribution in [0, 0.1) is 0 Å². The monoisotopic (exact) mass is 371 g/mol. The van der Waals surface area contributed by atoms with Crippen molar-refractivity contribution < 1.29 is 28.7 Å². The number of fused-ring (bicyclic) bond motifs is 1. The maximum Gasteiger partial charge on any atom is 0.338 e. The SMILES string of the molecule is CCOC(=O)c1ccc(NC(=O)C[NH+](C)Cc2ccc3c(c2)OCO3)cc1. The summed E-state index contributed by atoms with van der Waals surface area (Å²) in [5.74, 6) is 1.02. The predicted molar refractivity (Wildman–Crippen MR) is 99.1 cm³/mol. The first kappa shape index (κ1) is 18.7. The number of amides is 1. The van der Waals surface area contributed by atoms with Crippen molar-refractivity contribution in [2.75, 3.05) is 32.3 Å². The fraction of sp³-hybridized carbons (Fsp3) is 0.300. The van der Waals surface area contributed by atoms with E-state index in [0.29, 0.717) is 30.9 Å². The van der Waals surface area contributed by atoms with E-state index in [1.54, 1.807) is 31.2 Å². The van der Waals surface area contributed by atoms with E-state index in [-0.39, 0.29) is 18.7 Å². The average molecular weight is 371 g/mol. The number of carbonyl (C=O) groups excluding carboxylic acids is 2. The molecule has 0 fully saturated rings. The molecule has 1 amide bonds. The Balaban J connectivity index is 1.50. The first-order valence-corrected chi connectivity index (χ1v) is 8.82. The van der Waals surface area contributed by atoms with Gasteiger partial charge in [0.15, 0.2) is 18.0 Å². The number of quaternary nitrogens is 1. The normalized spacial score (nSPS) is 13.1. The van der Waals surface area contributed by atoms with Gasteiger partial charge in [0.05, 0.1) is 19.2 Å². The van der Waals surface area contributed by atoms with Crippen molar-refractivity contribution >= 4 is 17.6 Å². The summed E-state index contributed by atoms with van der Waals surface area (Å²) in [5, 5.41) is 2.84. The average Bonchev–Trinajstić information content (AvgIpc) is 3.10. The van der Waals surface area contributed by atoms with Gasteiger partial charge < -0.3 is 24.4 Å². The minimum atomic E-state index is -0.372. The molecule has 0 saturated carbocycles. The molecular weight excluding hydrogens is 348 g/mol. The molecule has 27 heavy (non-hydrogen) atoms. The molecule has 1 aliphatic rings. The number of esters is 1. The molecule has 0 aliphatic carbocycles. The van der Waals surface area contributed by atoms with E-state index in [1.165, 1.54) is 0 Å². The van der Waals surface area contributed by atoms with Gasteiger partial charge in [-0.3, -0.25) is 4.79 Å². The minimum Gasteiger partial charge on any atom is -0.462 e. The van der Waals surface area contributed by atoms with Crippen LogP contribution in [-0.2, 0) is 16.1 Å². The Morgan fingerprint density at radius 2 is 1.85 bits per heavy atom. The van der Waals surface area contributed by atoms with Gasteiger partial charge in [-0.1, -0.05) is 0 Å². The van der Waals surface area contributed by atoms with Crippen LogP contribution in [0.3, 0.4) is 0 Å². The van der Waals surface area contributed by atoms with Gasteiger partial charge in [0.2, 0.25) is 6.79 Å². The lowest BCUT2D eigenvalue weighted by Crippen LogP contribution is -3.08. The lowest BCUT2D eigenvalue weighted by atomic mass is 10.2. The first-order valence-electron chi connectivity index (χ1n) is 8.82. The highest BCUT2D eigenvalue weighted by Crippen LogP contribution is 2.32. The number of benzene rings is 2. The summed E-state index contributed by atoms with van der Waals surface area (Å²) in [6.45, 7) is 3.34. The predicted octanol–water partition coefficient (Wildman–Crippen LogP) is 1.25. The molecule has 0 radical (unpaired) electrons. The van der Waals surface area contributed by atoms with Crippen molar-refractivity contribution in [1.29, 1.82) is 0 Å². The summed E-state index contributed by atoms with van der Waals surface area (Å²) in [5.41, 5.74) is 2.17. The number of likely N-dealkylation sites (N-methyl/N-ethyl adjacent to an activating group) is 1. The Bertz CT molecular complexity index is 820. The summed E-state index contributed by atoms with van der Waals surface area (Å²) in [6, 6.07) is 12.5. The molecule has 3 rings (SSSR count). The fourth-order valence-corrected chi connectivity index (χ4v) is 2.85. The Labute approximate surface area is 157 Å². The van der Waals surface area contributed by atoms with Gasteiger partial charge >= 0.3 is 5.97 Å². The van der Waals surface area contributed by atoms with Crippen molar-refractivity contribution in [2.24, 2.45) is 0 Å². The zero-order valence-electron chi connectivity index (χ0n) is 15.4. The summed E-state index contributed by atoms with van der Waals surface area (Å²) in [4.78, 5) is 24.9. The van der Waals surface area contributed by atoms with Gasteiger partial charge in [0.1, 0.15) is 6.54 Å². The first-order chi connectivity index (χ1) is 13.0. The summed E-state index contributed by atoms with van der Waals surface area (Å²) >= 11 is 0. The lowest BCUT2D eigenvalue weighted by Gasteiger charge is -2.14.